The maximum atomic E-state index is 12.9. The molecule has 0 bridgehead atoms. The number of aromatic nitrogens is 1. The van der Waals surface area contributed by atoms with Crippen LogP contribution in [-0.2, 0) is 26.1 Å². The van der Waals surface area contributed by atoms with Crippen LogP contribution in [0.5, 0.6) is 0 Å². The third kappa shape index (κ3) is 5.90. The number of benzene rings is 1. The zero-order valence-corrected chi connectivity index (χ0v) is 18.7. The minimum absolute atomic E-state index is 0.0375. The Morgan fingerprint density at radius 2 is 1.97 bits per heavy atom. The molecule has 0 saturated carbocycles. The predicted octanol–water partition coefficient (Wildman–Crippen LogP) is 2.48. The minimum atomic E-state index is -3.78. The molecule has 1 saturated heterocycles. The molecule has 0 spiro atoms. The van der Waals surface area contributed by atoms with E-state index in [1.807, 2.05) is 11.0 Å². The molecule has 1 aliphatic heterocycles. The summed E-state index contributed by atoms with van der Waals surface area (Å²) < 4.78 is 32.3. The van der Waals surface area contributed by atoms with Crippen LogP contribution in [0.15, 0.2) is 41.4 Å². The lowest BCUT2D eigenvalue weighted by Gasteiger charge is -2.26. The summed E-state index contributed by atoms with van der Waals surface area (Å²) in [5.41, 5.74) is 1.28. The number of likely N-dealkylation sites (N-methyl/N-ethyl adjacent to an activating group) is 1. The summed E-state index contributed by atoms with van der Waals surface area (Å²) in [6.45, 7) is 1.82. The van der Waals surface area contributed by atoms with Gasteiger partial charge in [-0.25, -0.2) is 13.4 Å². The number of rotatable bonds is 7. The van der Waals surface area contributed by atoms with Gasteiger partial charge in [0.2, 0.25) is 15.9 Å². The Bertz CT molecular complexity index is 996. The molecule has 1 fully saturated rings. The Labute approximate surface area is 185 Å². The minimum Gasteiger partial charge on any atom is -0.379 e. The summed E-state index contributed by atoms with van der Waals surface area (Å²) in [6, 6.07) is 7.95. The second-order valence-corrected chi connectivity index (χ2v) is 9.57. The molecule has 30 heavy (non-hydrogen) atoms. The molecule has 2 heterocycles. The smallest absolute Gasteiger partial charge is 0.244 e. The van der Waals surface area contributed by atoms with Crippen LogP contribution in [0.1, 0.15) is 5.56 Å². The van der Waals surface area contributed by atoms with Gasteiger partial charge in [-0.05, 0) is 36.9 Å². The average Bonchev–Trinajstić information content (AvgIpc) is 2.71. The first-order valence-corrected chi connectivity index (χ1v) is 11.4. The Hall–Kier alpha value is -1.75. The monoisotopic (exact) mass is 472 g/mol. The molecule has 0 aliphatic carbocycles. The molecule has 1 N–H and O–H groups in total. The summed E-state index contributed by atoms with van der Waals surface area (Å²) in [5, 5.41) is 3.24. The molecule has 1 aromatic carbocycles. The largest absolute Gasteiger partial charge is 0.379 e. The number of carbonyl (C=O) groups is 1. The van der Waals surface area contributed by atoms with E-state index in [4.69, 9.17) is 27.9 Å². The highest BCUT2D eigenvalue weighted by Gasteiger charge is 2.28. The molecule has 8 nitrogen and oxygen atoms in total. The molecule has 162 valence electrons. The zero-order chi connectivity index (χ0) is 21.7. The van der Waals surface area contributed by atoms with E-state index in [0.717, 1.165) is 5.56 Å². The van der Waals surface area contributed by atoms with Crippen molar-refractivity contribution in [3.63, 3.8) is 0 Å². The molecule has 0 atom stereocenters. The van der Waals surface area contributed by atoms with Crippen molar-refractivity contribution in [2.45, 2.75) is 11.4 Å². The van der Waals surface area contributed by atoms with Crippen molar-refractivity contribution in [3.05, 3.63) is 52.3 Å². The number of halogens is 2. The molecule has 1 amide bonds. The fourth-order valence-corrected chi connectivity index (χ4v) is 5.04. The van der Waals surface area contributed by atoms with Crippen molar-refractivity contribution in [2.75, 3.05) is 45.2 Å². The number of ether oxygens (including phenoxy) is 1. The molecule has 0 unspecified atom stereocenters. The topological polar surface area (TPSA) is 91.8 Å². The van der Waals surface area contributed by atoms with Crippen LogP contribution in [0.2, 0.25) is 10.2 Å². The van der Waals surface area contributed by atoms with Crippen LogP contribution in [0.3, 0.4) is 0 Å². The third-order valence-corrected chi connectivity index (χ3v) is 7.06. The van der Waals surface area contributed by atoms with E-state index >= 15 is 0 Å². The summed E-state index contributed by atoms with van der Waals surface area (Å²) in [7, 11) is -1.98. The molecular weight excluding hydrogens is 451 g/mol. The van der Waals surface area contributed by atoms with Crippen LogP contribution in [-0.4, -0.2) is 68.4 Å². The zero-order valence-electron chi connectivity index (χ0n) is 16.3. The second kappa shape index (κ2) is 10.0. The van der Waals surface area contributed by atoms with Gasteiger partial charge in [-0.3, -0.25) is 9.69 Å². The molecule has 11 heteroatoms. The summed E-state index contributed by atoms with van der Waals surface area (Å²) in [4.78, 5) is 18.2. The van der Waals surface area contributed by atoms with Gasteiger partial charge in [-0.1, -0.05) is 29.3 Å². The maximum absolute atomic E-state index is 12.9. The number of pyridine rings is 1. The normalized spacial score (nSPS) is 15.3. The van der Waals surface area contributed by atoms with Crippen LogP contribution in [0, 0.1) is 0 Å². The third-order valence-electron chi connectivity index (χ3n) is 4.46. The number of anilines is 1. The van der Waals surface area contributed by atoms with Crippen LogP contribution < -0.4 is 5.32 Å². The lowest BCUT2D eigenvalue weighted by molar-refractivity contribution is -0.117. The van der Waals surface area contributed by atoms with E-state index < -0.39 is 10.0 Å². The van der Waals surface area contributed by atoms with Gasteiger partial charge in [0, 0.05) is 31.5 Å². The van der Waals surface area contributed by atoms with Crippen molar-refractivity contribution in [2.24, 2.45) is 0 Å². The highest BCUT2D eigenvalue weighted by Crippen LogP contribution is 2.28. The van der Waals surface area contributed by atoms with Crippen molar-refractivity contribution >= 4 is 44.8 Å². The van der Waals surface area contributed by atoms with E-state index in [9.17, 15) is 13.2 Å². The number of nitrogens with zero attached hydrogens (tertiary/aromatic N) is 3. The van der Waals surface area contributed by atoms with Crippen LogP contribution in [0.25, 0.3) is 0 Å². The van der Waals surface area contributed by atoms with Gasteiger partial charge in [0.25, 0.3) is 0 Å². The Balaban J connectivity index is 1.65. The Morgan fingerprint density at radius 3 is 2.63 bits per heavy atom. The molecule has 1 aliphatic rings. The van der Waals surface area contributed by atoms with E-state index in [1.165, 1.54) is 16.4 Å². The second-order valence-electron chi connectivity index (χ2n) is 6.87. The van der Waals surface area contributed by atoms with Crippen molar-refractivity contribution in [1.82, 2.24) is 14.2 Å². The van der Waals surface area contributed by atoms with Crippen LogP contribution in [0.4, 0.5) is 5.69 Å². The van der Waals surface area contributed by atoms with Crippen molar-refractivity contribution < 1.29 is 17.9 Å². The summed E-state index contributed by atoms with van der Waals surface area (Å²) in [5.74, 6) is -0.281. The van der Waals surface area contributed by atoms with Gasteiger partial charge in [0.15, 0.2) is 0 Å². The maximum Gasteiger partial charge on any atom is 0.244 e. The first-order valence-electron chi connectivity index (χ1n) is 9.22. The van der Waals surface area contributed by atoms with E-state index in [-0.39, 0.29) is 35.5 Å². The predicted molar refractivity (Wildman–Crippen MR) is 115 cm³/mol. The molecular formula is C19H22Cl2N4O4S. The number of nitrogens with one attached hydrogen (secondary N) is 1. The van der Waals surface area contributed by atoms with E-state index in [0.29, 0.717) is 30.6 Å². The number of carbonyl (C=O) groups excluding carboxylic acids is 1. The SMILES string of the molecule is CN(CC(=O)Nc1ccc(Cl)c(S(=O)(=O)N2CCOCC2)c1)Cc1ccc(Cl)nc1. The van der Waals surface area contributed by atoms with Crippen molar-refractivity contribution in [1.29, 1.82) is 0 Å². The van der Waals surface area contributed by atoms with Gasteiger partial charge in [0.1, 0.15) is 10.0 Å². The van der Waals surface area contributed by atoms with E-state index in [2.05, 4.69) is 10.3 Å². The fraction of sp³-hybridized carbons (Fsp3) is 0.368. The van der Waals surface area contributed by atoms with Gasteiger partial charge in [-0.2, -0.15) is 4.31 Å². The number of hydrogen-bond donors (Lipinski definition) is 1. The first kappa shape index (κ1) is 22.9. The van der Waals surface area contributed by atoms with Crippen molar-refractivity contribution in [3.8, 4) is 0 Å². The van der Waals surface area contributed by atoms with Gasteiger partial charge < -0.3 is 10.1 Å². The molecule has 2 aromatic rings. The molecule has 1 aromatic heterocycles. The van der Waals surface area contributed by atoms with E-state index in [1.54, 1.807) is 25.4 Å². The summed E-state index contributed by atoms with van der Waals surface area (Å²) >= 11 is 11.9. The average molecular weight is 473 g/mol. The highest BCUT2D eigenvalue weighted by molar-refractivity contribution is 7.89. The highest BCUT2D eigenvalue weighted by atomic mass is 35.5. The standard InChI is InChI=1S/C19H22Cl2N4O4S/c1-24(12-14-2-5-18(21)22-11-14)13-19(26)23-15-3-4-16(20)17(10-15)30(27,28)25-6-8-29-9-7-25/h2-5,10-11H,6-9,12-13H2,1H3,(H,23,26). The first-order chi connectivity index (χ1) is 14.3. The number of morpholine rings is 1. The van der Waals surface area contributed by atoms with Gasteiger partial charge >= 0.3 is 0 Å². The number of amides is 1. The Kier molecular flexibility index (Phi) is 7.67. The quantitative estimate of drug-likeness (QED) is 0.622. The lowest BCUT2D eigenvalue weighted by atomic mass is 10.2. The van der Waals surface area contributed by atoms with Gasteiger partial charge in [0.05, 0.1) is 24.8 Å². The van der Waals surface area contributed by atoms with Gasteiger partial charge in [-0.15, -0.1) is 0 Å². The lowest BCUT2D eigenvalue weighted by Crippen LogP contribution is -2.40. The summed E-state index contributed by atoms with van der Waals surface area (Å²) in [6.07, 6.45) is 1.65. The molecule has 3 rings (SSSR count). The van der Waals surface area contributed by atoms with Crippen LogP contribution >= 0.6 is 23.2 Å². The number of sulfonamides is 1. The Morgan fingerprint density at radius 1 is 1.23 bits per heavy atom. The molecule has 0 radical (unpaired) electrons. The number of hydrogen-bond acceptors (Lipinski definition) is 6. The fourth-order valence-electron chi connectivity index (χ4n) is 3.02.